The van der Waals surface area contributed by atoms with Gasteiger partial charge in [0.05, 0.1) is 18.6 Å². The minimum atomic E-state index is -5.08. The van der Waals surface area contributed by atoms with Crippen molar-refractivity contribution in [1.82, 2.24) is 9.88 Å². The van der Waals surface area contributed by atoms with Crippen molar-refractivity contribution in [2.45, 2.75) is 38.0 Å². The molecule has 1 aromatic heterocycles. The van der Waals surface area contributed by atoms with E-state index in [0.717, 1.165) is 38.1 Å². The molecule has 0 radical (unpaired) electrons. The average Bonchev–Trinajstić information content (AvgIpc) is 3.14. The Morgan fingerprint density at radius 2 is 2.15 bits per heavy atom. The van der Waals surface area contributed by atoms with Crippen LogP contribution in [0, 0.1) is 5.92 Å². The topological polar surface area (TPSA) is 79.7 Å². The zero-order chi connectivity index (χ0) is 19.4. The Morgan fingerprint density at radius 3 is 2.65 bits per heavy atom. The maximum atomic E-state index is 12.3. The highest BCUT2D eigenvalue weighted by Gasteiger charge is 2.45. The fraction of sp³-hybridized carbons (Fsp3) is 0.588. The molecule has 1 amide bonds. The van der Waals surface area contributed by atoms with Gasteiger partial charge >= 0.3 is 12.1 Å². The van der Waals surface area contributed by atoms with Crippen molar-refractivity contribution >= 4 is 11.9 Å². The summed E-state index contributed by atoms with van der Waals surface area (Å²) in [7, 11) is 0. The van der Waals surface area contributed by atoms with Gasteiger partial charge in [-0.2, -0.15) is 13.2 Å². The molecule has 2 unspecified atom stereocenters. The number of hydrogen-bond donors (Lipinski definition) is 1. The summed E-state index contributed by atoms with van der Waals surface area (Å²) >= 11 is 0. The highest BCUT2D eigenvalue weighted by Crippen LogP contribution is 2.37. The van der Waals surface area contributed by atoms with E-state index in [4.69, 9.17) is 14.6 Å². The molecule has 2 saturated heterocycles. The van der Waals surface area contributed by atoms with Crippen LogP contribution in [0.4, 0.5) is 13.2 Å². The van der Waals surface area contributed by atoms with Crippen LogP contribution in [0.25, 0.3) is 0 Å². The van der Waals surface area contributed by atoms with Gasteiger partial charge < -0.3 is 14.7 Å². The van der Waals surface area contributed by atoms with Crippen molar-refractivity contribution in [2.24, 2.45) is 5.92 Å². The molecule has 2 atom stereocenters. The van der Waals surface area contributed by atoms with Crippen molar-refractivity contribution < 1.29 is 32.6 Å². The molecular formula is C17H21F3N2O4. The first-order valence-corrected chi connectivity index (χ1v) is 8.22. The summed E-state index contributed by atoms with van der Waals surface area (Å²) in [4.78, 5) is 27.2. The summed E-state index contributed by atoms with van der Waals surface area (Å²) in [6.07, 6.45) is 0.920. The van der Waals surface area contributed by atoms with Gasteiger partial charge in [-0.25, -0.2) is 4.79 Å². The van der Waals surface area contributed by atoms with E-state index in [1.165, 1.54) is 0 Å². The third kappa shape index (κ3) is 5.42. The largest absolute Gasteiger partial charge is 0.490 e. The SMILES string of the molecule is CC1COC2(CCN(C(=O)Cc3cccnc3)C2)C1.O=C(O)C(F)(F)F. The van der Waals surface area contributed by atoms with E-state index < -0.39 is 12.1 Å². The van der Waals surface area contributed by atoms with Crippen LogP contribution in [0.2, 0.25) is 0 Å². The van der Waals surface area contributed by atoms with Crippen LogP contribution in [-0.2, 0) is 20.7 Å². The van der Waals surface area contributed by atoms with Crippen LogP contribution in [-0.4, -0.2) is 58.3 Å². The van der Waals surface area contributed by atoms with E-state index in [1.807, 2.05) is 17.0 Å². The van der Waals surface area contributed by atoms with Crippen molar-refractivity contribution in [3.63, 3.8) is 0 Å². The Hall–Kier alpha value is -2.16. The van der Waals surface area contributed by atoms with Gasteiger partial charge in [0.15, 0.2) is 0 Å². The number of pyridine rings is 1. The molecule has 0 bridgehead atoms. The molecule has 6 nitrogen and oxygen atoms in total. The molecular weight excluding hydrogens is 353 g/mol. The van der Waals surface area contributed by atoms with Crippen LogP contribution in [0.3, 0.4) is 0 Å². The number of rotatable bonds is 2. The average molecular weight is 374 g/mol. The summed E-state index contributed by atoms with van der Waals surface area (Å²) in [6.45, 7) is 4.64. The molecule has 0 saturated carbocycles. The molecule has 3 heterocycles. The lowest BCUT2D eigenvalue weighted by Gasteiger charge is -2.23. The number of carboxylic acid groups (broad SMARTS) is 1. The second kappa shape index (κ2) is 8.03. The third-order valence-electron chi connectivity index (χ3n) is 4.38. The highest BCUT2D eigenvalue weighted by molar-refractivity contribution is 5.79. The monoisotopic (exact) mass is 374 g/mol. The Kier molecular flexibility index (Phi) is 6.22. The number of aromatic nitrogens is 1. The van der Waals surface area contributed by atoms with Gasteiger partial charge in [0.2, 0.25) is 5.91 Å². The van der Waals surface area contributed by atoms with Crippen molar-refractivity contribution in [3.8, 4) is 0 Å². The lowest BCUT2D eigenvalue weighted by molar-refractivity contribution is -0.192. The lowest BCUT2D eigenvalue weighted by Crippen LogP contribution is -2.36. The first-order chi connectivity index (χ1) is 12.1. The van der Waals surface area contributed by atoms with Crippen LogP contribution in [0.1, 0.15) is 25.3 Å². The number of hydrogen-bond acceptors (Lipinski definition) is 4. The predicted molar refractivity (Wildman–Crippen MR) is 85.3 cm³/mol. The highest BCUT2D eigenvalue weighted by atomic mass is 19.4. The van der Waals surface area contributed by atoms with Crippen LogP contribution in [0.15, 0.2) is 24.5 Å². The van der Waals surface area contributed by atoms with E-state index in [1.54, 1.807) is 12.4 Å². The van der Waals surface area contributed by atoms with Crippen LogP contribution in [0.5, 0.6) is 0 Å². The molecule has 1 N–H and O–H groups in total. The first-order valence-electron chi connectivity index (χ1n) is 8.22. The van der Waals surface area contributed by atoms with Gasteiger partial charge in [-0.1, -0.05) is 13.0 Å². The van der Waals surface area contributed by atoms with E-state index in [0.29, 0.717) is 12.3 Å². The Balaban J connectivity index is 0.000000298. The third-order valence-corrected chi connectivity index (χ3v) is 4.38. The molecule has 26 heavy (non-hydrogen) atoms. The minimum Gasteiger partial charge on any atom is -0.475 e. The molecule has 2 aliphatic rings. The Bertz CT molecular complexity index is 639. The normalized spacial score (nSPS) is 25.1. The minimum absolute atomic E-state index is 0.0516. The maximum Gasteiger partial charge on any atom is 0.490 e. The van der Waals surface area contributed by atoms with E-state index in [-0.39, 0.29) is 11.5 Å². The number of amides is 1. The van der Waals surface area contributed by atoms with Gasteiger partial charge in [-0.15, -0.1) is 0 Å². The Morgan fingerprint density at radius 1 is 1.46 bits per heavy atom. The van der Waals surface area contributed by atoms with E-state index in [2.05, 4.69) is 11.9 Å². The standard InChI is InChI=1S/C15H20N2O2.C2HF3O2/c1-12-8-15(19-10-12)4-6-17(11-15)14(18)7-13-3-2-5-16-9-13;3-2(4,5)1(6)7/h2-3,5,9,12H,4,6-8,10-11H2,1H3;(H,6,7). The van der Waals surface area contributed by atoms with Gasteiger partial charge in [-0.3, -0.25) is 9.78 Å². The zero-order valence-electron chi connectivity index (χ0n) is 14.3. The smallest absolute Gasteiger partial charge is 0.475 e. The van der Waals surface area contributed by atoms with Gasteiger partial charge in [0.25, 0.3) is 0 Å². The van der Waals surface area contributed by atoms with Crippen molar-refractivity contribution in [1.29, 1.82) is 0 Å². The number of halogens is 3. The summed E-state index contributed by atoms with van der Waals surface area (Å²) in [5.41, 5.74) is 0.929. The molecule has 144 valence electrons. The molecule has 1 spiro atoms. The van der Waals surface area contributed by atoms with E-state index in [9.17, 15) is 18.0 Å². The molecule has 0 aliphatic carbocycles. The molecule has 2 fully saturated rings. The Labute approximate surface area is 149 Å². The lowest BCUT2D eigenvalue weighted by atomic mass is 9.94. The molecule has 9 heteroatoms. The zero-order valence-corrected chi connectivity index (χ0v) is 14.3. The summed E-state index contributed by atoms with van der Waals surface area (Å²) in [5, 5.41) is 7.12. The van der Waals surface area contributed by atoms with Crippen molar-refractivity contribution in [3.05, 3.63) is 30.1 Å². The molecule has 1 aromatic rings. The number of nitrogens with zero attached hydrogens (tertiary/aromatic N) is 2. The number of alkyl halides is 3. The number of aliphatic carboxylic acids is 1. The molecule has 2 aliphatic heterocycles. The van der Waals surface area contributed by atoms with Gasteiger partial charge in [0, 0.05) is 25.5 Å². The summed E-state index contributed by atoms with van der Waals surface area (Å²) in [5.74, 6) is -1.95. The van der Waals surface area contributed by atoms with Gasteiger partial charge in [0.1, 0.15) is 0 Å². The second-order valence-corrected chi connectivity index (χ2v) is 6.71. The first kappa shape index (κ1) is 20.2. The summed E-state index contributed by atoms with van der Waals surface area (Å²) < 4.78 is 37.7. The van der Waals surface area contributed by atoms with Gasteiger partial charge in [-0.05, 0) is 30.4 Å². The van der Waals surface area contributed by atoms with Crippen LogP contribution < -0.4 is 0 Å². The molecule has 3 rings (SSSR count). The fourth-order valence-corrected chi connectivity index (χ4v) is 3.20. The maximum absolute atomic E-state index is 12.3. The molecule has 0 aromatic carbocycles. The number of carboxylic acids is 1. The number of carbonyl (C=O) groups is 2. The second-order valence-electron chi connectivity index (χ2n) is 6.71. The predicted octanol–water partition coefficient (Wildman–Crippen LogP) is 2.28. The van der Waals surface area contributed by atoms with Crippen molar-refractivity contribution in [2.75, 3.05) is 19.7 Å². The fourth-order valence-electron chi connectivity index (χ4n) is 3.20. The number of ether oxygens (including phenoxy) is 1. The number of likely N-dealkylation sites (tertiary alicyclic amines) is 1. The summed E-state index contributed by atoms with van der Waals surface area (Å²) in [6, 6.07) is 3.82. The van der Waals surface area contributed by atoms with E-state index >= 15 is 0 Å². The van der Waals surface area contributed by atoms with Crippen LogP contribution >= 0.6 is 0 Å². The quantitative estimate of drug-likeness (QED) is 0.859. The number of carbonyl (C=O) groups excluding carboxylic acids is 1.